The van der Waals surface area contributed by atoms with Gasteiger partial charge >= 0.3 is 0 Å². The van der Waals surface area contributed by atoms with Gasteiger partial charge in [0.15, 0.2) is 0 Å². The minimum atomic E-state index is -1.42. The summed E-state index contributed by atoms with van der Waals surface area (Å²) in [7, 11) is -1.42. The van der Waals surface area contributed by atoms with E-state index >= 15 is 0 Å². The van der Waals surface area contributed by atoms with Crippen molar-refractivity contribution in [3.05, 3.63) is 41.6 Å². The van der Waals surface area contributed by atoms with Crippen LogP contribution in [0.15, 0.2) is 41.6 Å². The summed E-state index contributed by atoms with van der Waals surface area (Å²) in [5.41, 5.74) is 4.79. The fourth-order valence-corrected chi connectivity index (χ4v) is 5.97. The van der Waals surface area contributed by atoms with Gasteiger partial charge in [0.1, 0.15) is 8.07 Å². The van der Waals surface area contributed by atoms with Crippen molar-refractivity contribution in [2.45, 2.75) is 40.8 Å². The Kier molecular flexibility index (Phi) is 3.31. The normalized spacial score (nSPS) is 24.6. The fourth-order valence-electron chi connectivity index (χ4n) is 3.42. The predicted octanol–water partition coefficient (Wildman–Crippen LogP) is 4.38. The summed E-state index contributed by atoms with van der Waals surface area (Å²) in [5, 5.41) is 1.54. The van der Waals surface area contributed by atoms with Crippen LogP contribution in [0.2, 0.25) is 13.1 Å². The molecule has 0 N–H and O–H groups in total. The molecule has 1 aliphatic carbocycles. The lowest BCUT2D eigenvalue weighted by Gasteiger charge is -2.18. The smallest absolute Gasteiger partial charge is 0.0902 e. The fraction of sp³-hybridized carbons (Fsp3) is 0.529. The third kappa shape index (κ3) is 2.33. The second-order valence-electron chi connectivity index (χ2n) is 7.13. The van der Waals surface area contributed by atoms with Crippen molar-refractivity contribution >= 4 is 13.3 Å². The van der Waals surface area contributed by atoms with E-state index < -0.39 is 8.07 Å². The van der Waals surface area contributed by atoms with Crippen LogP contribution in [0.3, 0.4) is 0 Å². The van der Waals surface area contributed by atoms with Gasteiger partial charge in [-0.15, -0.1) is 0 Å². The maximum absolute atomic E-state index is 2.65. The Hall–Kier alpha value is -0.823. The molecule has 98 valence electrons. The molecule has 0 saturated heterocycles. The molecule has 0 heterocycles. The van der Waals surface area contributed by atoms with E-state index in [4.69, 9.17) is 0 Å². The molecule has 1 aliphatic rings. The van der Waals surface area contributed by atoms with E-state index in [1.54, 1.807) is 10.8 Å². The van der Waals surface area contributed by atoms with E-state index in [9.17, 15) is 0 Å². The van der Waals surface area contributed by atoms with Gasteiger partial charge in [-0.3, -0.25) is 0 Å². The molecule has 0 aromatic heterocycles. The van der Waals surface area contributed by atoms with E-state index in [-0.39, 0.29) is 0 Å². The summed E-state index contributed by atoms with van der Waals surface area (Å²) in [4.78, 5) is 0. The van der Waals surface area contributed by atoms with Crippen molar-refractivity contribution in [1.29, 1.82) is 0 Å². The second-order valence-corrected chi connectivity index (χ2v) is 11.4. The summed E-state index contributed by atoms with van der Waals surface area (Å²) >= 11 is 0. The van der Waals surface area contributed by atoms with Gasteiger partial charge in [-0.2, -0.15) is 0 Å². The van der Waals surface area contributed by atoms with Crippen molar-refractivity contribution < 1.29 is 0 Å². The first-order valence-electron chi connectivity index (χ1n) is 7.05. The highest BCUT2D eigenvalue weighted by Gasteiger charge is 2.53. The minimum Gasteiger partial charge on any atom is -0.0902 e. The van der Waals surface area contributed by atoms with Crippen molar-refractivity contribution in [1.82, 2.24) is 0 Å². The molecule has 1 aromatic rings. The molecule has 1 unspecified atom stereocenters. The zero-order chi connectivity index (χ0) is 13.6. The maximum atomic E-state index is 2.65. The van der Waals surface area contributed by atoms with Gasteiger partial charge in [-0.1, -0.05) is 87.6 Å². The molecule has 0 spiro atoms. The highest BCUT2D eigenvalue weighted by atomic mass is 28.3. The van der Waals surface area contributed by atoms with Crippen LogP contribution in [0, 0.1) is 17.3 Å². The van der Waals surface area contributed by atoms with Crippen molar-refractivity contribution in [2.75, 3.05) is 0 Å². The van der Waals surface area contributed by atoms with E-state index in [0.29, 0.717) is 5.41 Å². The van der Waals surface area contributed by atoms with Crippen LogP contribution >= 0.6 is 0 Å². The molecule has 1 atom stereocenters. The lowest BCUT2D eigenvalue weighted by Crippen LogP contribution is -2.39. The van der Waals surface area contributed by atoms with E-state index in [1.165, 1.54) is 0 Å². The Morgan fingerprint density at radius 3 is 2.11 bits per heavy atom. The van der Waals surface area contributed by atoms with Crippen LogP contribution in [0.4, 0.5) is 0 Å². The number of rotatable bonds is 3. The van der Waals surface area contributed by atoms with Crippen LogP contribution in [0.25, 0.3) is 0 Å². The number of hydrogen-bond acceptors (Lipinski definition) is 0. The quantitative estimate of drug-likeness (QED) is 0.706. The average Bonchev–Trinajstić information content (AvgIpc) is 2.81. The van der Waals surface area contributed by atoms with Crippen molar-refractivity contribution in [3.63, 3.8) is 0 Å². The van der Waals surface area contributed by atoms with Gasteiger partial charge in [0.2, 0.25) is 0 Å². The average molecular weight is 258 g/mol. The Morgan fingerprint density at radius 1 is 1.11 bits per heavy atom. The molecule has 0 aliphatic heterocycles. The van der Waals surface area contributed by atoms with Gasteiger partial charge < -0.3 is 0 Å². The Balaban J connectivity index is 2.29. The molecule has 0 bridgehead atoms. The third-order valence-corrected chi connectivity index (χ3v) is 7.33. The van der Waals surface area contributed by atoms with Gasteiger partial charge in [-0.05, 0) is 17.3 Å². The molecule has 2 rings (SSSR count). The van der Waals surface area contributed by atoms with E-state index in [1.807, 2.05) is 0 Å². The van der Waals surface area contributed by atoms with E-state index in [0.717, 1.165) is 11.8 Å². The summed E-state index contributed by atoms with van der Waals surface area (Å²) in [6.07, 6.45) is 0. The SMILES string of the molecule is CC(C)C1/C(=C\[Si](C)(C)c2ccccc2)C1(C)C. The van der Waals surface area contributed by atoms with Gasteiger partial charge in [0.05, 0.1) is 0 Å². The molecule has 1 heteroatoms. The lowest BCUT2D eigenvalue weighted by molar-refractivity contribution is 0.451. The highest BCUT2D eigenvalue weighted by Crippen LogP contribution is 2.61. The molecule has 1 aromatic carbocycles. The first-order chi connectivity index (χ1) is 8.27. The summed E-state index contributed by atoms with van der Waals surface area (Å²) in [6.45, 7) is 14.4. The van der Waals surface area contributed by atoms with Crippen LogP contribution in [-0.4, -0.2) is 8.07 Å². The zero-order valence-corrected chi connectivity index (χ0v) is 13.6. The molecule has 0 nitrogen and oxygen atoms in total. The van der Waals surface area contributed by atoms with Gasteiger partial charge in [-0.25, -0.2) is 0 Å². The number of allylic oxidation sites excluding steroid dienone is 1. The number of hydrogen-bond donors (Lipinski definition) is 0. The van der Waals surface area contributed by atoms with E-state index in [2.05, 4.69) is 76.8 Å². The predicted molar refractivity (Wildman–Crippen MR) is 83.8 cm³/mol. The van der Waals surface area contributed by atoms with Gasteiger partial charge in [0.25, 0.3) is 0 Å². The van der Waals surface area contributed by atoms with Crippen LogP contribution < -0.4 is 5.19 Å². The lowest BCUT2D eigenvalue weighted by atomic mass is 10.0. The Morgan fingerprint density at radius 2 is 1.67 bits per heavy atom. The third-order valence-electron chi connectivity index (χ3n) is 4.47. The van der Waals surface area contributed by atoms with Gasteiger partial charge in [0, 0.05) is 0 Å². The van der Waals surface area contributed by atoms with Crippen molar-refractivity contribution in [3.8, 4) is 0 Å². The first kappa shape index (κ1) is 13.6. The topological polar surface area (TPSA) is 0 Å². The largest absolute Gasteiger partial charge is 0.104 e. The maximum Gasteiger partial charge on any atom is 0.104 e. The second kappa shape index (κ2) is 4.38. The molecular formula is C17H26Si. The summed E-state index contributed by atoms with van der Waals surface area (Å²) in [6, 6.07) is 11.0. The monoisotopic (exact) mass is 258 g/mol. The van der Waals surface area contributed by atoms with Crippen molar-refractivity contribution in [2.24, 2.45) is 17.3 Å². The summed E-state index contributed by atoms with van der Waals surface area (Å²) < 4.78 is 0. The molecular weight excluding hydrogens is 232 g/mol. The standard InChI is InChI=1S/C17H26Si/c1-13(2)16-15(17(16,3)4)12-18(5,6)14-10-8-7-9-11-14/h7-13,16H,1-6H3/b15-12+. The highest BCUT2D eigenvalue weighted by molar-refractivity contribution is 6.94. The molecule has 0 amide bonds. The summed E-state index contributed by atoms with van der Waals surface area (Å²) in [5.74, 6) is 1.57. The first-order valence-corrected chi connectivity index (χ1v) is 10.1. The number of benzene rings is 1. The minimum absolute atomic E-state index is 0.438. The zero-order valence-electron chi connectivity index (χ0n) is 12.6. The Bertz CT molecular complexity index is 452. The molecule has 1 saturated carbocycles. The molecule has 0 radical (unpaired) electrons. The van der Waals surface area contributed by atoms with Crippen LogP contribution in [-0.2, 0) is 0 Å². The van der Waals surface area contributed by atoms with Crippen LogP contribution in [0.1, 0.15) is 27.7 Å². The molecule has 1 fully saturated rings. The van der Waals surface area contributed by atoms with Crippen LogP contribution in [0.5, 0.6) is 0 Å². The molecule has 18 heavy (non-hydrogen) atoms. The Labute approximate surface area is 113 Å².